The van der Waals surface area contributed by atoms with Gasteiger partial charge in [-0.3, -0.25) is 0 Å². The normalized spacial score (nSPS) is 13.5. The molecule has 0 aliphatic rings. The van der Waals surface area contributed by atoms with Crippen LogP contribution in [-0.2, 0) is 11.2 Å². The molecular weight excluding hydrogens is 282 g/mol. The lowest BCUT2D eigenvalue weighted by Crippen LogP contribution is -2.26. The summed E-state index contributed by atoms with van der Waals surface area (Å²) in [6.07, 6.45) is 7.83. The average Bonchev–Trinajstić information content (AvgIpc) is 2.51. The van der Waals surface area contributed by atoms with Crippen LogP contribution in [0.5, 0.6) is 0 Å². The fourth-order valence-electron chi connectivity index (χ4n) is 1.97. The molecule has 0 amide bonds. The molecule has 0 aromatic heterocycles. The SMILES string of the molecule is CCCc1cc(=CO)c(=CO)cc1C=CC=C(C#N)C(=O)O. The number of carboxylic acids is 1. The molecule has 0 heterocycles. The molecule has 0 atom stereocenters. The van der Waals surface area contributed by atoms with Crippen LogP contribution in [0.15, 0.2) is 29.9 Å². The van der Waals surface area contributed by atoms with Crippen molar-refractivity contribution in [3.8, 4) is 6.07 Å². The first-order chi connectivity index (χ1) is 10.6. The van der Waals surface area contributed by atoms with Crippen LogP contribution in [0.3, 0.4) is 0 Å². The first-order valence-corrected chi connectivity index (χ1v) is 6.70. The molecular formula is C17H17NO4. The number of aryl methyl sites for hydroxylation is 1. The molecule has 3 N–H and O–H groups in total. The Kier molecular flexibility index (Phi) is 6.45. The van der Waals surface area contributed by atoms with Crippen molar-refractivity contribution >= 4 is 24.6 Å². The van der Waals surface area contributed by atoms with E-state index in [0.29, 0.717) is 10.4 Å². The lowest BCUT2D eigenvalue weighted by Gasteiger charge is -2.05. The zero-order valence-electron chi connectivity index (χ0n) is 12.2. The van der Waals surface area contributed by atoms with Crippen molar-refractivity contribution in [1.82, 2.24) is 0 Å². The van der Waals surface area contributed by atoms with E-state index in [4.69, 9.17) is 10.4 Å². The minimum absolute atomic E-state index is 0.359. The van der Waals surface area contributed by atoms with Gasteiger partial charge in [-0.2, -0.15) is 5.26 Å². The third-order valence-electron chi connectivity index (χ3n) is 3.03. The summed E-state index contributed by atoms with van der Waals surface area (Å²) in [7, 11) is 0. The number of hydrogen-bond donors (Lipinski definition) is 3. The number of benzene rings is 1. The van der Waals surface area contributed by atoms with Gasteiger partial charge in [0.05, 0.1) is 12.5 Å². The van der Waals surface area contributed by atoms with Crippen LogP contribution in [0.1, 0.15) is 24.5 Å². The van der Waals surface area contributed by atoms with Crippen LogP contribution in [0.4, 0.5) is 0 Å². The highest BCUT2D eigenvalue weighted by atomic mass is 16.4. The molecule has 0 radical (unpaired) electrons. The largest absolute Gasteiger partial charge is 0.515 e. The molecule has 22 heavy (non-hydrogen) atoms. The van der Waals surface area contributed by atoms with Gasteiger partial charge in [-0.25, -0.2) is 4.79 Å². The lowest BCUT2D eigenvalue weighted by atomic mass is 10.0. The Morgan fingerprint density at radius 1 is 1.27 bits per heavy atom. The van der Waals surface area contributed by atoms with Gasteiger partial charge in [0.15, 0.2) is 0 Å². The number of rotatable bonds is 5. The van der Waals surface area contributed by atoms with Crippen molar-refractivity contribution in [1.29, 1.82) is 5.26 Å². The van der Waals surface area contributed by atoms with Crippen molar-refractivity contribution < 1.29 is 20.1 Å². The Morgan fingerprint density at radius 2 is 1.91 bits per heavy atom. The number of aliphatic hydroxyl groups is 2. The maximum Gasteiger partial charge on any atom is 0.346 e. The number of hydrogen-bond acceptors (Lipinski definition) is 4. The molecule has 0 saturated carbocycles. The quantitative estimate of drug-likeness (QED) is 0.437. The molecule has 1 aromatic rings. The highest BCUT2D eigenvalue weighted by Gasteiger charge is 2.03. The van der Waals surface area contributed by atoms with Crippen molar-refractivity contribution in [3.05, 3.63) is 51.4 Å². The van der Waals surface area contributed by atoms with Gasteiger partial charge in [-0.05, 0) is 35.8 Å². The monoisotopic (exact) mass is 299 g/mol. The Labute approximate surface area is 128 Å². The Morgan fingerprint density at radius 3 is 2.41 bits per heavy atom. The van der Waals surface area contributed by atoms with Crippen LogP contribution in [0, 0.1) is 11.3 Å². The van der Waals surface area contributed by atoms with Crippen molar-refractivity contribution in [2.24, 2.45) is 0 Å². The number of aliphatic hydroxyl groups excluding tert-OH is 2. The zero-order chi connectivity index (χ0) is 16.5. The van der Waals surface area contributed by atoms with E-state index < -0.39 is 5.97 Å². The molecule has 5 heteroatoms. The second-order valence-corrected chi connectivity index (χ2v) is 4.54. The smallest absolute Gasteiger partial charge is 0.346 e. The van der Waals surface area contributed by atoms with E-state index in [9.17, 15) is 15.0 Å². The van der Waals surface area contributed by atoms with Gasteiger partial charge in [0, 0.05) is 10.4 Å². The van der Waals surface area contributed by atoms with Crippen LogP contribution < -0.4 is 10.4 Å². The van der Waals surface area contributed by atoms with E-state index in [-0.39, 0.29) is 5.57 Å². The highest BCUT2D eigenvalue weighted by molar-refractivity contribution is 5.91. The highest BCUT2D eigenvalue weighted by Crippen LogP contribution is 2.10. The number of carboxylic acid groups (broad SMARTS) is 1. The van der Waals surface area contributed by atoms with Gasteiger partial charge in [0.1, 0.15) is 11.6 Å². The van der Waals surface area contributed by atoms with Gasteiger partial charge in [-0.15, -0.1) is 0 Å². The maximum atomic E-state index is 10.7. The van der Waals surface area contributed by atoms with Gasteiger partial charge in [-0.1, -0.05) is 25.5 Å². The summed E-state index contributed by atoms with van der Waals surface area (Å²) in [5.41, 5.74) is 1.38. The standard InChI is InChI=1S/C17H17NO4/c1-2-4-12-7-15(10-19)16(11-20)8-13(12)5-3-6-14(9-18)17(21)22/h3,5-8,10-11,19-20H,2,4H2,1H3,(H,21,22). The summed E-state index contributed by atoms with van der Waals surface area (Å²) in [5, 5.41) is 36.8. The zero-order valence-corrected chi connectivity index (χ0v) is 12.2. The number of allylic oxidation sites excluding steroid dienone is 2. The second kappa shape index (κ2) is 8.32. The molecule has 0 spiro atoms. The van der Waals surface area contributed by atoms with Crippen molar-refractivity contribution in [2.75, 3.05) is 0 Å². The van der Waals surface area contributed by atoms with E-state index >= 15 is 0 Å². The molecule has 0 bridgehead atoms. The molecule has 0 aliphatic heterocycles. The van der Waals surface area contributed by atoms with Gasteiger partial charge < -0.3 is 15.3 Å². The molecule has 1 rings (SSSR count). The summed E-state index contributed by atoms with van der Waals surface area (Å²) < 4.78 is 0. The minimum atomic E-state index is -1.28. The third-order valence-corrected chi connectivity index (χ3v) is 3.03. The summed E-state index contributed by atoms with van der Waals surface area (Å²) in [5.74, 6) is -1.28. The minimum Gasteiger partial charge on any atom is -0.515 e. The third kappa shape index (κ3) is 4.25. The number of aliphatic carboxylic acids is 1. The van der Waals surface area contributed by atoms with E-state index in [1.807, 2.05) is 6.92 Å². The molecule has 0 saturated heterocycles. The molecule has 114 valence electrons. The fourth-order valence-corrected chi connectivity index (χ4v) is 1.97. The molecule has 1 aromatic carbocycles. The number of nitrogens with zero attached hydrogens (tertiary/aromatic N) is 1. The Bertz CT molecular complexity index is 767. The number of carbonyl (C=O) groups is 1. The number of nitriles is 1. The van der Waals surface area contributed by atoms with Crippen molar-refractivity contribution in [2.45, 2.75) is 19.8 Å². The Hall–Kier alpha value is -3.00. The summed E-state index contributed by atoms with van der Waals surface area (Å²) in [6.45, 7) is 2.01. The fraction of sp³-hybridized carbons (Fsp3) is 0.176. The van der Waals surface area contributed by atoms with Crippen LogP contribution >= 0.6 is 0 Å². The Balaban J connectivity index is 3.35. The van der Waals surface area contributed by atoms with Crippen molar-refractivity contribution in [3.63, 3.8) is 0 Å². The second-order valence-electron chi connectivity index (χ2n) is 4.54. The molecule has 0 fully saturated rings. The van der Waals surface area contributed by atoms with Crippen LogP contribution in [0.2, 0.25) is 0 Å². The molecule has 0 unspecified atom stereocenters. The first-order valence-electron chi connectivity index (χ1n) is 6.70. The predicted octanol–water partition coefficient (Wildman–Crippen LogP) is 1.78. The lowest BCUT2D eigenvalue weighted by molar-refractivity contribution is -0.132. The van der Waals surface area contributed by atoms with Crippen LogP contribution in [0.25, 0.3) is 18.6 Å². The predicted molar refractivity (Wildman–Crippen MR) is 84.2 cm³/mol. The molecule has 0 aliphatic carbocycles. The van der Waals surface area contributed by atoms with E-state index in [1.165, 1.54) is 12.2 Å². The summed E-state index contributed by atoms with van der Waals surface area (Å²) in [6, 6.07) is 5.04. The molecule has 5 nitrogen and oxygen atoms in total. The van der Waals surface area contributed by atoms with Crippen LogP contribution in [-0.4, -0.2) is 21.3 Å². The summed E-state index contributed by atoms with van der Waals surface area (Å²) in [4.78, 5) is 10.7. The van der Waals surface area contributed by atoms with Gasteiger partial charge in [0.25, 0.3) is 0 Å². The van der Waals surface area contributed by atoms with E-state index in [2.05, 4.69) is 0 Å². The first kappa shape index (κ1) is 17.1. The van der Waals surface area contributed by atoms with E-state index in [1.54, 1.807) is 24.3 Å². The van der Waals surface area contributed by atoms with Gasteiger partial charge >= 0.3 is 5.97 Å². The van der Waals surface area contributed by atoms with Gasteiger partial charge in [0.2, 0.25) is 0 Å². The maximum absolute atomic E-state index is 10.7. The summed E-state index contributed by atoms with van der Waals surface area (Å²) >= 11 is 0. The topological polar surface area (TPSA) is 102 Å². The average molecular weight is 299 g/mol. The van der Waals surface area contributed by atoms with E-state index in [0.717, 1.165) is 36.5 Å².